The first-order valence-corrected chi connectivity index (χ1v) is 6.21. The van der Waals surface area contributed by atoms with Gasteiger partial charge >= 0.3 is 0 Å². The number of hydrogen-bond donors (Lipinski definition) is 0. The summed E-state index contributed by atoms with van der Waals surface area (Å²) in [5.41, 5.74) is 7.94. The maximum atomic E-state index is 11.6. The minimum Gasteiger partial charge on any atom is -0.253 e. The van der Waals surface area contributed by atoms with Gasteiger partial charge in [0.25, 0.3) is 0 Å². The van der Waals surface area contributed by atoms with Crippen LogP contribution >= 0.6 is 0 Å². The minimum absolute atomic E-state index is 0.188. The van der Waals surface area contributed by atoms with Gasteiger partial charge in [-0.3, -0.25) is 5.73 Å². The SMILES string of the molecule is CCCS(=O)(=O)c1ccc(C[NH])cc1. The molecule has 0 spiro atoms. The zero-order valence-corrected chi connectivity index (χ0v) is 8.97. The second kappa shape index (κ2) is 4.57. The quantitative estimate of drug-likeness (QED) is 0.762. The van der Waals surface area contributed by atoms with Gasteiger partial charge < -0.3 is 0 Å². The Bertz CT molecular complexity index is 381. The van der Waals surface area contributed by atoms with Gasteiger partial charge in [0.15, 0.2) is 9.84 Å². The molecule has 0 fully saturated rings. The van der Waals surface area contributed by atoms with E-state index in [4.69, 9.17) is 5.73 Å². The molecule has 0 aliphatic carbocycles. The number of sulfone groups is 1. The van der Waals surface area contributed by atoms with E-state index < -0.39 is 9.84 Å². The van der Waals surface area contributed by atoms with Crippen LogP contribution in [-0.2, 0) is 16.4 Å². The predicted molar refractivity (Wildman–Crippen MR) is 55.6 cm³/mol. The molecule has 0 aliphatic heterocycles. The van der Waals surface area contributed by atoms with E-state index in [1.54, 1.807) is 24.3 Å². The van der Waals surface area contributed by atoms with E-state index in [-0.39, 0.29) is 12.3 Å². The molecule has 1 N–H and O–H groups in total. The Morgan fingerprint density at radius 3 is 2.21 bits per heavy atom. The van der Waals surface area contributed by atoms with Crippen molar-refractivity contribution in [2.45, 2.75) is 24.8 Å². The lowest BCUT2D eigenvalue weighted by Crippen LogP contribution is -2.05. The summed E-state index contributed by atoms with van der Waals surface area (Å²) in [7, 11) is -3.10. The van der Waals surface area contributed by atoms with Crippen LogP contribution in [0.3, 0.4) is 0 Å². The Morgan fingerprint density at radius 1 is 1.21 bits per heavy atom. The molecule has 0 heterocycles. The van der Waals surface area contributed by atoms with Crippen LogP contribution in [0.2, 0.25) is 0 Å². The largest absolute Gasteiger partial charge is 0.253 e. The van der Waals surface area contributed by atoms with E-state index in [9.17, 15) is 8.42 Å². The molecule has 4 heteroatoms. The van der Waals surface area contributed by atoms with Gasteiger partial charge in [0.2, 0.25) is 0 Å². The summed E-state index contributed by atoms with van der Waals surface area (Å²) in [6, 6.07) is 6.54. The number of nitrogens with one attached hydrogen (secondary N) is 1. The Kier molecular flexibility index (Phi) is 3.66. The molecule has 3 nitrogen and oxygen atoms in total. The van der Waals surface area contributed by atoms with Crippen LogP contribution < -0.4 is 5.73 Å². The molecule has 0 amide bonds. The van der Waals surface area contributed by atoms with Crippen LogP contribution in [0.15, 0.2) is 29.2 Å². The van der Waals surface area contributed by atoms with Gasteiger partial charge in [-0.25, -0.2) is 8.42 Å². The first-order chi connectivity index (χ1) is 6.60. The Morgan fingerprint density at radius 2 is 1.79 bits per heavy atom. The average molecular weight is 212 g/mol. The van der Waals surface area contributed by atoms with E-state index in [0.29, 0.717) is 11.3 Å². The summed E-state index contributed by atoms with van der Waals surface area (Å²) in [5, 5.41) is 0. The maximum absolute atomic E-state index is 11.6. The molecule has 0 aliphatic rings. The van der Waals surface area contributed by atoms with Crippen molar-refractivity contribution < 1.29 is 8.42 Å². The highest BCUT2D eigenvalue weighted by molar-refractivity contribution is 7.91. The summed E-state index contributed by atoms with van der Waals surface area (Å²) in [4.78, 5) is 0.358. The average Bonchev–Trinajstić information content (AvgIpc) is 2.18. The summed E-state index contributed by atoms with van der Waals surface area (Å²) >= 11 is 0. The van der Waals surface area contributed by atoms with Crippen LogP contribution in [0.5, 0.6) is 0 Å². The molecule has 14 heavy (non-hydrogen) atoms. The third-order valence-electron chi connectivity index (χ3n) is 1.96. The molecule has 0 saturated heterocycles. The Labute approximate surface area is 84.9 Å². The number of rotatable bonds is 4. The fourth-order valence-corrected chi connectivity index (χ4v) is 2.53. The van der Waals surface area contributed by atoms with Gasteiger partial charge in [0, 0.05) is 6.54 Å². The van der Waals surface area contributed by atoms with Gasteiger partial charge in [-0.15, -0.1) is 0 Å². The summed E-state index contributed by atoms with van der Waals surface area (Å²) in [6.07, 6.45) is 0.628. The van der Waals surface area contributed by atoms with Crippen LogP contribution in [-0.4, -0.2) is 14.2 Å². The lowest BCUT2D eigenvalue weighted by Gasteiger charge is -2.03. The van der Waals surface area contributed by atoms with Crippen LogP contribution in [0.25, 0.3) is 0 Å². The minimum atomic E-state index is -3.10. The first kappa shape index (κ1) is 11.2. The van der Waals surface area contributed by atoms with Crippen molar-refractivity contribution in [3.05, 3.63) is 29.8 Å². The second-order valence-electron chi connectivity index (χ2n) is 3.14. The van der Waals surface area contributed by atoms with Crippen molar-refractivity contribution in [2.75, 3.05) is 5.75 Å². The summed E-state index contributed by atoms with van der Waals surface area (Å²) < 4.78 is 23.2. The lowest BCUT2D eigenvalue weighted by atomic mass is 10.2. The molecule has 0 unspecified atom stereocenters. The standard InChI is InChI=1S/C10H14NO2S/c1-2-7-14(12,13)10-5-3-9(8-11)4-6-10/h3-6,11H,2,7-8H2,1H3. The van der Waals surface area contributed by atoms with Gasteiger partial charge in [-0.2, -0.15) is 0 Å². The molecule has 0 atom stereocenters. The van der Waals surface area contributed by atoms with E-state index in [1.165, 1.54) is 0 Å². The predicted octanol–water partition coefficient (Wildman–Crippen LogP) is 1.65. The van der Waals surface area contributed by atoms with Crippen molar-refractivity contribution in [2.24, 2.45) is 0 Å². The third kappa shape index (κ3) is 2.56. The van der Waals surface area contributed by atoms with Crippen LogP contribution in [0, 0.1) is 0 Å². The topological polar surface area (TPSA) is 57.9 Å². The van der Waals surface area contributed by atoms with Crippen molar-refractivity contribution in [3.8, 4) is 0 Å². The highest BCUT2D eigenvalue weighted by atomic mass is 32.2. The van der Waals surface area contributed by atoms with Crippen molar-refractivity contribution in [3.63, 3.8) is 0 Å². The Balaban J connectivity index is 2.97. The molecule has 1 aromatic carbocycles. The smallest absolute Gasteiger partial charge is 0.178 e. The monoisotopic (exact) mass is 212 g/mol. The molecule has 77 valence electrons. The molecule has 1 aromatic rings. The fourth-order valence-electron chi connectivity index (χ4n) is 1.20. The molecular formula is C10H14NO2S. The lowest BCUT2D eigenvalue weighted by molar-refractivity contribution is 0.594. The second-order valence-corrected chi connectivity index (χ2v) is 5.25. The van der Waals surface area contributed by atoms with E-state index in [0.717, 1.165) is 5.56 Å². The third-order valence-corrected chi connectivity index (χ3v) is 3.90. The molecule has 1 rings (SSSR count). The molecule has 0 bridgehead atoms. The molecule has 0 saturated carbocycles. The van der Waals surface area contributed by atoms with E-state index in [2.05, 4.69) is 0 Å². The number of hydrogen-bond acceptors (Lipinski definition) is 2. The zero-order chi connectivity index (χ0) is 10.6. The van der Waals surface area contributed by atoms with Gasteiger partial charge in [0.05, 0.1) is 10.6 Å². The Hall–Kier alpha value is -0.870. The highest BCUT2D eigenvalue weighted by Gasteiger charge is 2.11. The normalized spacial score (nSPS) is 11.6. The van der Waals surface area contributed by atoms with E-state index in [1.807, 2.05) is 6.92 Å². The van der Waals surface area contributed by atoms with Gasteiger partial charge in [0.1, 0.15) is 0 Å². The molecular weight excluding hydrogens is 198 g/mol. The van der Waals surface area contributed by atoms with Crippen molar-refractivity contribution in [1.82, 2.24) is 5.73 Å². The van der Waals surface area contributed by atoms with Crippen LogP contribution in [0.1, 0.15) is 18.9 Å². The molecule has 0 aromatic heterocycles. The fraction of sp³-hybridized carbons (Fsp3) is 0.400. The van der Waals surface area contributed by atoms with Gasteiger partial charge in [-0.1, -0.05) is 19.1 Å². The van der Waals surface area contributed by atoms with Crippen molar-refractivity contribution >= 4 is 9.84 Å². The highest BCUT2D eigenvalue weighted by Crippen LogP contribution is 2.13. The molecule has 1 radical (unpaired) electrons. The van der Waals surface area contributed by atoms with Crippen molar-refractivity contribution in [1.29, 1.82) is 0 Å². The van der Waals surface area contributed by atoms with Gasteiger partial charge in [-0.05, 0) is 24.1 Å². The zero-order valence-electron chi connectivity index (χ0n) is 8.16. The van der Waals surface area contributed by atoms with Crippen LogP contribution in [0.4, 0.5) is 0 Å². The number of benzene rings is 1. The maximum Gasteiger partial charge on any atom is 0.178 e. The van der Waals surface area contributed by atoms with E-state index >= 15 is 0 Å². The first-order valence-electron chi connectivity index (χ1n) is 4.56. The summed E-state index contributed by atoms with van der Waals surface area (Å²) in [6.45, 7) is 2.03. The summed E-state index contributed by atoms with van der Waals surface area (Å²) in [5.74, 6) is 0.188.